The minimum absolute atomic E-state index is 0.0262. The Balaban J connectivity index is 1.71. The molecule has 0 radical (unpaired) electrons. The molecule has 0 aliphatic carbocycles. The molecule has 0 aromatic heterocycles. The van der Waals surface area contributed by atoms with E-state index >= 15 is 0 Å². The lowest BCUT2D eigenvalue weighted by atomic mass is 10.1. The average molecular weight is 383 g/mol. The van der Waals surface area contributed by atoms with Crippen LogP contribution in [0.4, 0.5) is 5.69 Å². The number of rotatable bonds is 7. The maximum atomic E-state index is 12.5. The molecule has 3 rings (SSSR count). The fourth-order valence-corrected chi connectivity index (χ4v) is 3.09. The third-order valence-corrected chi connectivity index (χ3v) is 4.53. The number of hydrogen-bond acceptors (Lipinski definition) is 6. The van der Waals surface area contributed by atoms with Gasteiger partial charge in [-0.2, -0.15) is 0 Å². The molecule has 1 saturated heterocycles. The van der Waals surface area contributed by atoms with Gasteiger partial charge in [0.15, 0.2) is 23.9 Å². The normalized spacial score (nSPS) is 13.4. The van der Waals surface area contributed by atoms with Gasteiger partial charge in [-0.15, -0.1) is 0 Å². The van der Waals surface area contributed by atoms with Gasteiger partial charge in [-0.05, 0) is 36.8 Å². The van der Waals surface area contributed by atoms with Crippen LogP contribution in [0.15, 0.2) is 42.5 Å². The zero-order valence-electron chi connectivity index (χ0n) is 15.8. The van der Waals surface area contributed by atoms with E-state index in [4.69, 9.17) is 14.2 Å². The van der Waals surface area contributed by atoms with Crippen LogP contribution in [-0.2, 0) is 9.53 Å². The molecule has 7 nitrogen and oxygen atoms in total. The van der Waals surface area contributed by atoms with Gasteiger partial charge in [0, 0.05) is 18.5 Å². The Hall–Kier alpha value is -3.35. The molecule has 7 heteroatoms. The van der Waals surface area contributed by atoms with Crippen molar-refractivity contribution in [2.75, 3.05) is 32.3 Å². The van der Waals surface area contributed by atoms with E-state index in [1.807, 2.05) is 0 Å². The third-order valence-electron chi connectivity index (χ3n) is 4.53. The Bertz CT molecular complexity index is 908. The van der Waals surface area contributed by atoms with Crippen molar-refractivity contribution in [1.29, 1.82) is 0 Å². The van der Waals surface area contributed by atoms with Crippen molar-refractivity contribution in [3.63, 3.8) is 0 Å². The standard InChI is InChI=1S/C21H21NO6/c1-26-18-10-9-14(12-19(18)27-2)17(23)13-28-21(25)15-6-3-4-7-16(15)22-11-5-8-20(22)24/h3-4,6-7,9-10,12H,5,8,11,13H2,1-2H3. The highest BCUT2D eigenvalue weighted by Gasteiger charge is 2.26. The van der Waals surface area contributed by atoms with Gasteiger partial charge in [0.05, 0.1) is 25.5 Å². The zero-order chi connectivity index (χ0) is 20.1. The molecule has 146 valence electrons. The summed E-state index contributed by atoms with van der Waals surface area (Å²) in [6, 6.07) is 11.5. The summed E-state index contributed by atoms with van der Waals surface area (Å²) >= 11 is 0. The fraction of sp³-hybridized carbons (Fsp3) is 0.286. The van der Waals surface area contributed by atoms with Gasteiger partial charge in [0.1, 0.15) is 0 Å². The molecule has 0 unspecified atom stereocenters. The Morgan fingerprint density at radius 3 is 2.46 bits per heavy atom. The highest BCUT2D eigenvalue weighted by Crippen LogP contribution is 2.28. The lowest BCUT2D eigenvalue weighted by Crippen LogP contribution is -2.26. The first-order valence-electron chi connectivity index (χ1n) is 8.87. The van der Waals surface area contributed by atoms with Crippen LogP contribution < -0.4 is 14.4 Å². The number of hydrogen-bond donors (Lipinski definition) is 0. The summed E-state index contributed by atoms with van der Waals surface area (Å²) in [4.78, 5) is 38.5. The van der Waals surface area contributed by atoms with E-state index in [1.54, 1.807) is 41.3 Å². The van der Waals surface area contributed by atoms with E-state index in [2.05, 4.69) is 0 Å². The summed E-state index contributed by atoms with van der Waals surface area (Å²) in [6.07, 6.45) is 1.21. The minimum atomic E-state index is -0.649. The van der Waals surface area contributed by atoms with E-state index in [9.17, 15) is 14.4 Å². The van der Waals surface area contributed by atoms with Crippen LogP contribution in [-0.4, -0.2) is 45.0 Å². The second-order valence-electron chi connectivity index (χ2n) is 6.24. The smallest absolute Gasteiger partial charge is 0.340 e. The van der Waals surface area contributed by atoms with E-state index in [0.29, 0.717) is 35.7 Å². The number of nitrogens with zero attached hydrogens (tertiary/aromatic N) is 1. The Labute approximate surface area is 162 Å². The first-order chi connectivity index (χ1) is 13.5. The van der Waals surface area contributed by atoms with Gasteiger partial charge in [-0.3, -0.25) is 9.59 Å². The van der Waals surface area contributed by atoms with Crippen molar-refractivity contribution in [1.82, 2.24) is 0 Å². The molecule has 1 heterocycles. The molecule has 28 heavy (non-hydrogen) atoms. The van der Waals surface area contributed by atoms with E-state index in [1.165, 1.54) is 20.3 Å². The van der Waals surface area contributed by atoms with Crippen LogP contribution in [0.2, 0.25) is 0 Å². The maximum absolute atomic E-state index is 12.5. The minimum Gasteiger partial charge on any atom is -0.493 e. The molecule has 1 aliphatic heterocycles. The van der Waals surface area contributed by atoms with Crippen molar-refractivity contribution in [3.05, 3.63) is 53.6 Å². The number of esters is 1. The van der Waals surface area contributed by atoms with Crippen molar-refractivity contribution in [3.8, 4) is 11.5 Å². The van der Waals surface area contributed by atoms with E-state index < -0.39 is 12.6 Å². The van der Waals surface area contributed by atoms with Gasteiger partial charge in [0.25, 0.3) is 0 Å². The number of ether oxygens (including phenoxy) is 3. The van der Waals surface area contributed by atoms with Gasteiger partial charge < -0.3 is 19.1 Å². The second kappa shape index (κ2) is 8.56. The van der Waals surface area contributed by atoms with Crippen molar-refractivity contribution in [2.45, 2.75) is 12.8 Å². The predicted molar refractivity (Wildman–Crippen MR) is 102 cm³/mol. The van der Waals surface area contributed by atoms with Crippen LogP contribution in [0.3, 0.4) is 0 Å². The Morgan fingerprint density at radius 2 is 1.79 bits per heavy atom. The monoisotopic (exact) mass is 383 g/mol. The molecule has 0 spiro atoms. The predicted octanol–water partition coefficient (Wildman–Crippen LogP) is 2.87. The number of para-hydroxylation sites is 1. The summed E-state index contributed by atoms with van der Waals surface area (Å²) in [5.41, 5.74) is 1.11. The van der Waals surface area contributed by atoms with E-state index in [0.717, 1.165) is 6.42 Å². The molecule has 2 aromatic carbocycles. The Kier molecular flexibility index (Phi) is 5.93. The molecule has 0 saturated carbocycles. The summed E-state index contributed by atoms with van der Waals surface area (Å²) < 4.78 is 15.5. The lowest BCUT2D eigenvalue weighted by Gasteiger charge is -2.18. The van der Waals surface area contributed by atoms with Crippen LogP contribution in [0.25, 0.3) is 0 Å². The first kappa shape index (κ1) is 19.4. The van der Waals surface area contributed by atoms with Gasteiger partial charge in [-0.25, -0.2) is 4.79 Å². The second-order valence-corrected chi connectivity index (χ2v) is 6.24. The summed E-state index contributed by atoms with van der Waals surface area (Å²) in [7, 11) is 2.98. The first-order valence-corrected chi connectivity index (χ1v) is 8.87. The van der Waals surface area contributed by atoms with Crippen LogP contribution in [0.1, 0.15) is 33.6 Å². The quantitative estimate of drug-likeness (QED) is 0.540. The fourth-order valence-electron chi connectivity index (χ4n) is 3.09. The molecular formula is C21H21NO6. The number of carbonyl (C=O) groups is 3. The number of amides is 1. The van der Waals surface area contributed by atoms with Crippen molar-refractivity contribution < 1.29 is 28.6 Å². The van der Waals surface area contributed by atoms with Gasteiger partial charge in [0.2, 0.25) is 5.91 Å². The van der Waals surface area contributed by atoms with Crippen LogP contribution in [0.5, 0.6) is 11.5 Å². The summed E-state index contributed by atoms with van der Waals surface area (Å²) in [5.74, 6) is -0.132. The largest absolute Gasteiger partial charge is 0.493 e. The number of Topliss-reactive ketones (excluding diaryl/α,β-unsaturated/α-hetero) is 1. The van der Waals surface area contributed by atoms with Gasteiger partial charge in [-0.1, -0.05) is 12.1 Å². The average Bonchev–Trinajstić information content (AvgIpc) is 3.16. The van der Waals surface area contributed by atoms with E-state index in [-0.39, 0.29) is 17.3 Å². The van der Waals surface area contributed by atoms with Crippen LogP contribution in [0, 0.1) is 0 Å². The highest BCUT2D eigenvalue weighted by molar-refractivity contribution is 6.05. The number of benzene rings is 2. The molecule has 0 atom stereocenters. The number of anilines is 1. The third kappa shape index (κ3) is 3.98. The molecular weight excluding hydrogens is 362 g/mol. The number of ketones is 1. The molecule has 1 amide bonds. The van der Waals surface area contributed by atoms with Crippen molar-refractivity contribution in [2.24, 2.45) is 0 Å². The summed E-state index contributed by atoms with van der Waals surface area (Å²) in [6.45, 7) is 0.143. The highest BCUT2D eigenvalue weighted by atomic mass is 16.5. The molecule has 1 aliphatic rings. The topological polar surface area (TPSA) is 82.1 Å². The molecule has 2 aromatic rings. The Morgan fingerprint density at radius 1 is 1.04 bits per heavy atom. The molecule has 0 N–H and O–H groups in total. The molecule has 1 fully saturated rings. The number of methoxy groups -OCH3 is 2. The maximum Gasteiger partial charge on any atom is 0.340 e. The van der Waals surface area contributed by atoms with Gasteiger partial charge >= 0.3 is 5.97 Å². The van der Waals surface area contributed by atoms with Crippen molar-refractivity contribution >= 4 is 23.3 Å². The van der Waals surface area contributed by atoms with Crippen LogP contribution >= 0.6 is 0 Å². The number of carbonyl (C=O) groups excluding carboxylic acids is 3. The molecule has 0 bridgehead atoms. The lowest BCUT2D eigenvalue weighted by molar-refractivity contribution is -0.117. The SMILES string of the molecule is COc1ccc(C(=O)COC(=O)c2ccccc2N2CCCC2=O)cc1OC. The zero-order valence-corrected chi connectivity index (χ0v) is 15.8. The summed E-state index contributed by atoms with van der Waals surface area (Å²) in [5, 5.41) is 0.